The van der Waals surface area contributed by atoms with Gasteiger partial charge < -0.3 is 14.2 Å². The Morgan fingerprint density at radius 3 is 2.60 bits per heavy atom. The lowest BCUT2D eigenvalue weighted by Crippen LogP contribution is -2.37. The number of ether oxygens (including phenoxy) is 1. The third-order valence-electron chi connectivity index (χ3n) is 7.76. The van der Waals surface area contributed by atoms with Crippen LogP contribution in [0.3, 0.4) is 0 Å². The van der Waals surface area contributed by atoms with Crippen LogP contribution in [0.25, 0.3) is 16.6 Å². The summed E-state index contributed by atoms with van der Waals surface area (Å²) in [5.74, 6) is 0.358. The SMILES string of the molecule is Cc1cc2c(cnn2-c2ccc(F)cc2)cc1C1(COCc2ccccc2)CCN(c2c(S(=O)O)cnn2C)C1. The molecule has 0 aliphatic carbocycles. The molecule has 1 N–H and O–H groups in total. The van der Waals surface area contributed by atoms with Crippen molar-refractivity contribution >= 4 is 27.8 Å². The highest BCUT2D eigenvalue weighted by Crippen LogP contribution is 2.41. The lowest BCUT2D eigenvalue weighted by atomic mass is 9.77. The van der Waals surface area contributed by atoms with Gasteiger partial charge in [-0.25, -0.2) is 13.3 Å². The molecule has 2 unspecified atom stereocenters. The Labute approximate surface area is 234 Å². The van der Waals surface area contributed by atoms with Gasteiger partial charge in [-0.2, -0.15) is 10.2 Å². The summed E-state index contributed by atoms with van der Waals surface area (Å²) < 4.78 is 45.4. The first-order valence-electron chi connectivity index (χ1n) is 13.1. The molecule has 8 nitrogen and oxygen atoms in total. The summed E-state index contributed by atoms with van der Waals surface area (Å²) in [5.41, 5.74) is 4.71. The minimum Gasteiger partial charge on any atom is -0.376 e. The number of halogens is 1. The zero-order chi connectivity index (χ0) is 27.9. The predicted octanol–water partition coefficient (Wildman–Crippen LogP) is 5.15. The minimum atomic E-state index is -2.15. The number of aryl methyl sites for hydroxylation is 2. The molecule has 5 aromatic rings. The summed E-state index contributed by atoms with van der Waals surface area (Å²) in [6.45, 7) is 4.35. The Balaban J connectivity index is 1.38. The third kappa shape index (κ3) is 4.83. The van der Waals surface area contributed by atoms with Crippen molar-refractivity contribution in [2.45, 2.75) is 30.3 Å². The van der Waals surface area contributed by atoms with Gasteiger partial charge in [0.2, 0.25) is 0 Å². The van der Waals surface area contributed by atoms with Crippen molar-refractivity contribution in [2.24, 2.45) is 7.05 Å². The van der Waals surface area contributed by atoms with E-state index in [1.54, 1.807) is 23.9 Å². The summed E-state index contributed by atoms with van der Waals surface area (Å²) in [5, 5.41) is 9.84. The topological polar surface area (TPSA) is 85.4 Å². The van der Waals surface area contributed by atoms with Crippen LogP contribution in [-0.4, -0.2) is 48.0 Å². The summed E-state index contributed by atoms with van der Waals surface area (Å²) in [6, 6.07) is 20.7. The molecule has 0 spiro atoms. The van der Waals surface area contributed by atoms with Crippen LogP contribution >= 0.6 is 0 Å². The zero-order valence-corrected chi connectivity index (χ0v) is 23.1. The van der Waals surface area contributed by atoms with Crippen molar-refractivity contribution in [2.75, 3.05) is 24.6 Å². The van der Waals surface area contributed by atoms with Crippen LogP contribution in [0, 0.1) is 12.7 Å². The number of rotatable bonds is 8. The van der Waals surface area contributed by atoms with E-state index in [1.165, 1.54) is 18.3 Å². The quantitative estimate of drug-likeness (QED) is 0.265. The molecule has 1 aliphatic heterocycles. The van der Waals surface area contributed by atoms with E-state index >= 15 is 0 Å². The average molecular weight is 560 g/mol. The van der Waals surface area contributed by atoms with E-state index in [0.717, 1.165) is 39.7 Å². The minimum absolute atomic E-state index is 0.288. The Kier molecular flexibility index (Phi) is 6.99. The zero-order valence-electron chi connectivity index (χ0n) is 22.3. The van der Waals surface area contributed by atoms with Crippen LogP contribution in [0.15, 0.2) is 84.0 Å². The second kappa shape index (κ2) is 10.6. The van der Waals surface area contributed by atoms with E-state index < -0.39 is 11.1 Å². The summed E-state index contributed by atoms with van der Waals surface area (Å²) in [6.07, 6.45) is 4.09. The van der Waals surface area contributed by atoms with Gasteiger partial charge in [-0.3, -0.25) is 4.68 Å². The molecule has 3 heterocycles. The monoisotopic (exact) mass is 559 g/mol. The molecule has 0 saturated carbocycles. The largest absolute Gasteiger partial charge is 0.376 e. The molecule has 0 amide bonds. The number of hydrogen-bond acceptors (Lipinski definition) is 5. The van der Waals surface area contributed by atoms with Gasteiger partial charge in [0.05, 0.1) is 36.8 Å². The van der Waals surface area contributed by atoms with Gasteiger partial charge in [0, 0.05) is 30.9 Å². The molecule has 1 aliphatic rings. The molecule has 10 heteroatoms. The fourth-order valence-corrected chi connectivity index (χ4v) is 6.39. The molecule has 206 valence electrons. The Morgan fingerprint density at radius 1 is 1.07 bits per heavy atom. The van der Waals surface area contributed by atoms with Gasteiger partial charge in [0.25, 0.3) is 0 Å². The molecule has 1 fully saturated rings. The van der Waals surface area contributed by atoms with E-state index in [-0.39, 0.29) is 11.2 Å². The fraction of sp³-hybridized carbons (Fsp3) is 0.267. The smallest absolute Gasteiger partial charge is 0.191 e. The average Bonchev–Trinajstić information content (AvgIpc) is 3.66. The summed E-state index contributed by atoms with van der Waals surface area (Å²) in [7, 11) is 1.79. The number of anilines is 1. The molecule has 0 bridgehead atoms. The molecular weight excluding hydrogens is 529 g/mol. The second-order valence-corrected chi connectivity index (χ2v) is 11.3. The summed E-state index contributed by atoms with van der Waals surface area (Å²) >= 11 is -2.15. The highest BCUT2D eigenvalue weighted by Gasteiger charge is 2.43. The van der Waals surface area contributed by atoms with Gasteiger partial charge in [-0.15, -0.1) is 0 Å². The van der Waals surface area contributed by atoms with Crippen LogP contribution < -0.4 is 4.90 Å². The van der Waals surface area contributed by atoms with Crippen molar-refractivity contribution in [3.05, 3.63) is 102 Å². The standard InChI is InChI=1S/C30H30FN5O3S/c1-21-14-27-23(16-33-36(27)25-10-8-24(31)9-11-25)15-26(21)30(20-39-18-22-6-4-3-5-7-22)12-13-35(19-30)29-28(40(37)38)17-32-34(29)2/h3-11,14-17H,12-13,18-20H2,1-2H3,(H,37,38). The maximum Gasteiger partial charge on any atom is 0.191 e. The van der Waals surface area contributed by atoms with Crippen molar-refractivity contribution < 1.29 is 17.9 Å². The molecule has 2 atom stereocenters. The lowest BCUT2D eigenvalue weighted by molar-refractivity contribution is 0.0770. The van der Waals surface area contributed by atoms with E-state index in [1.807, 2.05) is 41.2 Å². The van der Waals surface area contributed by atoms with E-state index in [9.17, 15) is 13.2 Å². The first kappa shape index (κ1) is 26.4. The van der Waals surface area contributed by atoms with Crippen LogP contribution in [0.4, 0.5) is 10.2 Å². The van der Waals surface area contributed by atoms with Crippen LogP contribution in [0.2, 0.25) is 0 Å². The highest BCUT2D eigenvalue weighted by atomic mass is 32.2. The normalized spacial score (nSPS) is 18.1. The number of fused-ring (bicyclic) bond motifs is 1. The molecule has 2 aromatic heterocycles. The van der Waals surface area contributed by atoms with Gasteiger partial charge in [0.15, 0.2) is 11.1 Å². The molecule has 6 rings (SSSR count). The third-order valence-corrected chi connectivity index (χ3v) is 8.43. The van der Waals surface area contributed by atoms with E-state index in [2.05, 4.69) is 34.2 Å². The predicted molar refractivity (Wildman–Crippen MR) is 153 cm³/mol. The van der Waals surface area contributed by atoms with Crippen LogP contribution in [-0.2, 0) is 34.9 Å². The van der Waals surface area contributed by atoms with Crippen LogP contribution in [0.1, 0.15) is 23.1 Å². The number of nitrogens with zero attached hydrogens (tertiary/aromatic N) is 5. The van der Waals surface area contributed by atoms with Gasteiger partial charge in [0.1, 0.15) is 16.5 Å². The molecular formula is C30H30FN5O3S. The number of benzene rings is 3. The van der Waals surface area contributed by atoms with Crippen LogP contribution in [0.5, 0.6) is 0 Å². The van der Waals surface area contributed by atoms with Crippen molar-refractivity contribution in [3.63, 3.8) is 0 Å². The molecule has 40 heavy (non-hydrogen) atoms. The maximum atomic E-state index is 13.5. The van der Waals surface area contributed by atoms with E-state index in [0.29, 0.717) is 37.0 Å². The Hall–Kier alpha value is -3.86. The fourth-order valence-electron chi connectivity index (χ4n) is 5.84. The van der Waals surface area contributed by atoms with E-state index in [4.69, 9.17) is 4.74 Å². The Morgan fingerprint density at radius 2 is 1.85 bits per heavy atom. The van der Waals surface area contributed by atoms with Crippen molar-refractivity contribution in [3.8, 4) is 5.69 Å². The highest BCUT2D eigenvalue weighted by molar-refractivity contribution is 7.79. The number of aromatic nitrogens is 4. The first-order valence-corrected chi connectivity index (χ1v) is 14.2. The van der Waals surface area contributed by atoms with Gasteiger partial charge in [-0.1, -0.05) is 30.3 Å². The maximum absolute atomic E-state index is 13.5. The molecule has 3 aromatic carbocycles. The van der Waals surface area contributed by atoms with Crippen molar-refractivity contribution in [1.82, 2.24) is 19.6 Å². The number of hydrogen-bond donors (Lipinski definition) is 1. The van der Waals surface area contributed by atoms with Gasteiger partial charge in [-0.05, 0) is 66.4 Å². The van der Waals surface area contributed by atoms with Crippen molar-refractivity contribution in [1.29, 1.82) is 0 Å². The van der Waals surface area contributed by atoms with Gasteiger partial charge >= 0.3 is 0 Å². The lowest BCUT2D eigenvalue weighted by Gasteiger charge is -2.32. The first-order chi connectivity index (χ1) is 19.3. The second-order valence-electron chi connectivity index (χ2n) is 10.4. The molecule has 1 saturated heterocycles. The Bertz CT molecular complexity index is 1690. The summed E-state index contributed by atoms with van der Waals surface area (Å²) in [4.78, 5) is 2.43. The molecule has 0 radical (unpaired) electrons.